The van der Waals surface area contributed by atoms with Gasteiger partial charge < -0.3 is 40.3 Å². The van der Waals surface area contributed by atoms with Crippen molar-refractivity contribution in [2.24, 2.45) is 0 Å². The summed E-state index contributed by atoms with van der Waals surface area (Å²) in [6.07, 6.45) is 0.623. The fraction of sp³-hybridized carbons (Fsp3) is 0.500. The Morgan fingerprint density at radius 2 is 1.83 bits per heavy atom. The summed E-state index contributed by atoms with van der Waals surface area (Å²) in [5.74, 6) is 0.0344. The largest absolute Gasteiger partial charge is 0.490 e. The standard InChI is InChI=1S/C14H22N5O13P3/c1-2-3-4-14(19-7-18-9-12(15)16-6-17-13(9)19)11(21)10(20)8(30-14)5-29-34(25,26)32-35(27,28)31-33(22,23)24/h2-3,6-8,10-11,20-21H,4-5H2,1H3,(H,25,26)(H,27,28)(H2,15,16,17)(H2,22,23,24)/t8-,10-,11-,14-/m1/s1. The zero-order valence-electron chi connectivity index (χ0n) is 17.7. The quantitative estimate of drug-likeness (QED) is 0.142. The van der Waals surface area contributed by atoms with Crippen molar-refractivity contribution in [3.05, 3.63) is 24.8 Å². The van der Waals surface area contributed by atoms with Gasteiger partial charge in [-0.2, -0.15) is 8.62 Å². The van der Waals surface area contributed by atoms with Crippen molar-refractivity contribution in [1.82, 2.24) is 19.5 Å². The SMILES string of the molecule is CC=CC[C@@]1(n2cnc3c(N)ncnc32)O[C@H](COP(=O)(O)OP(=O)(O)OP(=O)(O)O)[C@@H](O)[C@H]1O. The van der Waals surface area contributed by atoms with Crippen molar-refractivity contribution in [2.75, 3.05) is 12.3 Å². The minimum atomic E-state index is -5.74. The molecule has 0 aliphatic carbocycles. The van der Waals surface area contributed by atoms with Gasteiger partial charge in [-0.05, 0) is 6.92 Å². The van der Waals surface area contributed by atoms with Crippen LogP contribution in [0.5, 0.6) is 0 Å². The fourth-order valence-corrected chi connectivity index (χ4v) is 6.39. The Morgan fingerprint density at radius 3 is 2.46 bits per heavy atom. The number of phosphoric ester groups is 1. The van der Waals surface area contributed by atoms with E-state index in [9.17, 15) is 33.7 Å². The average molecular weight is 561 g/mol. The van der Waals surface area contributed by atoms with Crippen molar-refractivity contribution in [3.63, 3.8) is 0 Å². The Hall–Kier alpha value is -1.62. The van der Waals surface area contributed by atoms with Gasteiger partial charge in [-0.3, -0.25) is 9.09 Å². The van der Waals surface area contributed by atoms with E-state index in [0.717, 1.165) is 6.33 Å². The normalized spacial score (nSPS) is 28.9. The maximum absolute atomic E-state index is 12.0. The minimum Gasteiger partial charge on any atom is -0.387 e. The summed E-state index contributed by atoms with van der Waals surface area (Å²) in [6, 6.07) is 0. The molecule has 0 amide bonds. The summed E-state index contributed by atoms with van der Waals surface area (Å²) in [5.41, 5.74) is 4.35. The second-order valence-electron chi connectivity index (χ2n) is 7.14. The van der Waals surface area contributed by atoms with Gasteiger partial charge in [0.05, 0.1) is 12.9 Å². The third-order valence-electron chi connectivity index (χ3n) is 4.76. The first-order valence-electron chi connectivity index (χ1n) is 9.48. The number of rotatable bonds is 10. The van der Waals surface area contributed by atoms with E-state index in [1.807, 2.05) is 0 Å². The molecule has 0 bridgehead atoms. The summed E-state index contributed by atoms with van der Waals surface area (Å²) >= 11 is 0. The van der Waals surface area contributed by atoms with Crippen LogP contribution >= 0.6 is 23.5 Å². The number of hydrogen-bond donors (Lipinski definition) is 7. The van der Waals surface area contributed by atoms with Crippen LogP contribution < -0.4 is 5.73 Å². The Bertz CT molecular complexity index is 1250. The molecule has 2 unspecified atom stereocenters. The van der Waals surface area contributed by atoms with Crippen molar-refractivity contribution in [1.29, 1.82) is 0 Å². The molecule has 35 heavy (non-hydrogen) atoms. The van der Waals surface area contributed by atoms with Crippen LogP contribution in [0.4, 0.5) is 5.82 Å². The second kappa shape index (κ2) is 10.0. The van der Waals surface area contributed by atoms with Crippen molar-refractivity contribution in [3.8, 4) is 0 Å². The number of imidazole rings is 1. The highest BCUT2D eigenvalue weighted by Gasteiger charge is 2.56. The molecule has 0 spiro atoms. The summed E-state index contributed by atoms with van der Waals surface area (Å²) in [6.45, 7) is 0.702. The molecule has 1 fully saturated rings. The Balaban J connectivity index is 1.85. The number of aliphatic hydroxyl groups excluding tert-OH is 2. The molecule has 196 valence electrons. The molecule has 0 radical (unpaired) electrons. The molecule has 0 saturated carbocycles. The van der Waals surface area contributed by atoms with Crippen LogP contribution in [0.25, 0.3) is 11.2 Å². The molecular weight excluding hydrogens is 539 g/mol. The van der Waals surface area contributed by atoms with Crippen LogP contribution in [0.1, 0.15) is 13.3 Å². The van der Waals surface area contributed by atoms with Crippen LogP contribution in [0.3, 0.4) is 0 Å². The lowest BCUT2D eigenvalue weighted by Gasteiger charge is -2.33. The van der Waals surface area contributed by atoms with E-state index in [4.69, 9.17) is 20.3 Å². The monoisotopic (exact) mass is 561 g/mol. The minimum absolute atomic E-state index is 0.0344. The lowest BCUT2D eigenvalue weighted by molar-refractivity contribution is -0.142. The van der Waals surface area contributed by atoms with Crippen molar-refractivity contribution in [2.45, 2.75) is 37.4 Å². The van der Waals surface area contributed by atoms with Crippen LogP contribution in [-0.2, 0) is 37.3 Å². The zero-order chi connectivity index (χ0) is 26.2. The maximum atomic E-state index is 12.0. The highest BCUT2D eigenvalue weighted by Crippen LogP contribution is 2.66. The van der Waals surface area contributed by atoms with Gasteiger partial charge in [-0.15, -0.1) is 0 Å². The number of aromatic nitrogens is 4. The Kier molecular flexibility index (Phi) is 8.01. The molecule has 3 rings (SSSR count). The number of hydrogen-bond acceptors (Lipinski definition) is 13. The van der Waals surface area contributed by atoms with E-state index in [1.165, 1.54) is 10.9 Å². The summed E-state index contributed by atoms with van der Waals surface area (Å²) in [5, 5.41) is 21.5. The first-order valence-corrected chi connectivity index (χ1v) is 14.0. The van der Waals surface area contributed by atoms with E-state index in [2.05, 4.69) is 28.1 Å². The topological polar surface area (TPSA) is 279 Å². The highest BCUT2D eigenvalue weighted by atomic mass is 31.3. The summed E-state index contributed by atoms with van der Waals surface area (Å²) in [7, 11) is -16.8. The summed E-state index contributed by atoms with van der Waals surface area (Å²) < 4.78 is 53.2. The predicted octanol–water partition coefficient (Wildman–Crippen LogP) is -0.509. The molecular formula is C14H22N5O13P3. The summed E-state index contributed by atoms with van der Waals surface area (Å²) in [4.78, 5) is 48.1. The molecule has 18 nitrogen and oxygen atoms in total. The van der Waals surface area contributed by atoms with Gasteiger partial charge in [0.1, 0.15) is 30.2 Å². The average Bonchev–Trinajstić information content (AvgIpc) is 3.25. The first kappa shape index (κ1) is 28.0. The van der Waals surface area contributed by atoms with Crippen LogP contribution in [0, 0.1) is 0 Å². The number of allylic oxidation sites excluding steroid dienone is 1. The molecule has 1 aliphatic rings. The molecule has 2 aromatic heterocycles. The Morgan fingerprint density at radius 1 is 1.14 bits per heavy atom. The van der Waals surface area contributed by atoms with Gasteiger partial charge in [-0.25, -0.2) is 28.6 Å². The van der Waals surface area contributed by atoms with Gasteiger partial charge in [-0.1, -0.05) is 12.2 Å². The Labute approximate surface area is 196 Å². The predicted molar refractivity (Wildman–Crippen MR) is 114 cm³/mol. The molecule has 0 aromatic carbocycles. The lowest BCUT2D eigenvalue weighted by Crippen LogP contribution is -2.45. The molecule has 2 aromatic rings. The first-order chi connectivity index (χ1) is 16.1. The van der Waals surface area contributed by atoms with E-state index in [1.54, 1.807) is 19.1 Å². The van der Waals surface area contributed by atoms with Crippen LogP contribution in [0.15, 0.2) is 24.8 Å². The third-order valence-corrected chi connectivity index (χ3v) is 8.56. The molecule has 1 aliphatic heterocycles. The van der Waals surface area contributed by atoms with Crippen molar-refractivity contribution < 1.29 is 61.4 Å². The van der Waals surface area contributed by atoms with Crippen LogP contribution in [-0.4, -0.2) is 74.2 Å². The number of aliphatic hydroxyl groups is 2. The van der Waals surface area contributed by atoms with Gasteiger partial charge in [0.2, 0.25) is 0 Å². The number of phosphoric acid groups is 3. The van der Waals surface area contributed by atoms with Crippen LogP contribution in [0.2, 0.25) is 0 Å². The van der Waals surface area contributed by atoms with Gasteiger partial charge in [0, 0.05) is 6.42 Å². The zero-order valence-corrected chi connectivity index (χ0v) is 20.4. The number of nitrogens with zero attached hydrogens (tertiary/aromatic N) is 4. The number of ether oxygens (including phenoxy) is 1. The van der Waals surface area contributed by atoms with E-state index >= 15 is 0 Å². The lowest BCUT2D eigenvalue weighted by atomic mass is 9.98. The highest BCUT2D eigenvalue weighted by molar-refractivity contribution is 7.66. The second-order valence-corrected chi connectivity index (χ2v) is 11.6. The van der Waals surface area contributed by atoms with E-state index < -0.39 is 54.1 Å². The number of nitrogens with two attached hydrogens (primary N) is 1. The molecule has 3 heterocycles. The van der Waals surface area contributed by atoms with Gasteiger partial charge in [0.15, 0.2) is 17.2 Å². The van der Waals surface area contributed by atoms with Gasteiger partial charge in [0.25, 0.3) is 0 Å². The number of anilines is 1. The molecule has 21 heteroatoms. The van der Waals surface area contributed by atoms with E-state index in [0.29, 0.717) is 0 Å². The van der Waals surface area contributed by atoms with E-state index in [-0.39, 0.29) is 23.4 Å². The third kappa shape index (κ3) is 6.21. The number of fused-ring (bicyclic) bond motifs is 1. The molecule has 8 N–H and O–H groups in total. The number of nitrogen functional groups attached to an aromatic ring is 1. The van der Waals surface area contributed by atoms with Gasteiger partial charge >= 0.3 is 23.5 Å². The maximum Gasteiger partial charge on any atom is 0.490 e. The smallest absolute Gasteiger partial charge is 0.387 e. The fourth-order valence-electron chi connectivity index (χ4n) is 3.36. The molecule has 6 atom stereocenters. The molecule has 1 saturated heterocycles. The van der Waals surface area contributed by atoms with Crippen molar-refractivity contribution >= 4 is 40.4 Å².